The van der Waals surface area contributed by atoms with Gasteiger partial charge in [-0.3, -0.25) is 4.79 Å². The molecule has 6 heteroatoms. The third kappa shape index (κ3) is 5.98. The maximum Gasteiger partial charge on any atom is 0.310 e. The minimum Gasteiger partial charge on any atom is -0.461 e. The Kier molecular flexibility index (Phi) is 7.11. The summed E-state index contributed by atoms with van der Waals surface area (Å²) in [6, 6.07) is 23.2. The zero-order valence-corrected chi connectivity index (χ0v) is 19.9. The van der Waals surface area contributed by atoms with E-state index in [1.807, 2.05) is 74.5 Å². The minimum atomic E-state index is -0.289. The molecular formula is C27H24ClFO3S. The van der Waals surface area contributed by atoms with E-state index in [0.29, 0.717) is 10.1 Å². The fraction of sp³-hybridized carbons (Fsp3) is 0.222. The summed E-state index contributed by atoms with van der Waals surface area (Å²) in [5.41, 5.74) is 0.617. The first-order valence-electron chi connectivity index (χ1n) is 10.6. The monoisotopic (exact) mass is 482 g/mol. The first kappa shape index (κ1) is 23.4. The Morgan fingerprint density at radius 1 is 1.03 bits per heavy atom. The second-order valence-electron chi connectivity index (χ2n) is 8.52. The van der Waals surface area contributed by atoms with Gasteiger partial charge in [0.05, 0.1) is 10.3 Å². The zero-order valence-electron chi connectivity index (χ0n) is 18.3. The van der Waals surface area contributed by atoms with Gasteiger partial charge in [0.2, 0.25) is 0 Å². The van der Waals surface area contributed by atoms with Gasteiger partial charge in [-0.15, -0.1) is 0 Å². The molecule has 0 unspecified atom stereocenters. The van der Waals surface area contributed by atoms with Crippen LogP contribution >= 0.6 is 23.4 Å². The topological polar surface area (TPSA) is 35.5 Å². The Hall–Kier alpha value is -2.76. The molecule has 33 heavy (non-hydrogen) atoms. The van der Waals surface area contributed by atoms with Crippen molar-refractivity contribution in [1.29, 1.82) is 0 Å². The number of ether oxygens (including phenoxy) is 2. The van der Waals surface area contributed by atoms with Crippen LogP contribution in [0.2, 0.25) is 0 Å². The van der Waals surface area contributed by atoms with Gasteiger partial charge in [0, 0.05) is 4.90 Å². The van der Waals surface area contributed by atoms with Crippen LogP contribution in [-0.2, 0) is 16.1 Å². The molecule has 0 aromatic heterocycles. The summed E-state index contributed by atoms with van der Waals surface area (Å²) < 4.78 is 25.1. The van der Waals surface area contributed by atoms with Crippen molar-refractivity contribution in [1.82, 2.24) is 0 Å². The summed E-state index contributed by atoms with van der Waals surface area (Å²) in [7, 11) is 0. The van der Waals surface area contributed by atoms with Crippen LogP contribution < -0.4 is 4.74 Å². The predicted molar refractivity (Wildman–Crippen MR) is 130 cm³/mol. The van der Waals surface area contributed by atoms with Gasteiger partial charge in [0.1, 0.15) is 23.9 Å². The number of hydrogen-bond acceptors (Lipinski definition) is 4. The Labute approximate surface area is 202 Å². The molecule has 0 amide bonds. The van der Waals surface area contributed by atoms with Crippen LogP contribution in [0.4, 0.5) is 4.39 Å². The number of allylic oxidation sites excluding steroid dienone is 1. The number of esters is 1. The van der Waals surface area contributed by atoms with Crippen molar-refractivity contribution in [3.8, 4) is 11.5 Å². The third-order valence-electron chi connectivity index (χ3n) is 5.76. The van der Waals surface area contributed by atoms with Gasteiger partial charge in [0.25, 0.3) is 0 Å². The number of benzene rings is 3. The number of para-hydroxylation sites is 1. The fourth-order valence-electron chi connectivity index (χ4n) is 3.80. The van der Waals surface area contributed by atoms with Crippen molar-refractivity contribution < 1.29 is 18.7 Å². The van der Waals surface area contributed by atoms with Gasteiger partial charge in [-0.05, 0) is 65.4 Å². The van der Waals surface area contributed by atoms with Crippen molar-refractivity contribution >= 4 is 29.3 Å². The van der Waals surface area contributed by atoms with Crippen LogP contribution in [-0.4, -0.2) is 5.97 Å². The van der Waals surface area contributed by atoms with E-state index in [9.17, 15) is 9.18 Å². The number of hydrogen-bond donors (Lipinski definition) is 0. The normalized spacial score (nSPS) is 19.1. The SMILES string of the molecule is CC1(C)[C@H](C(=O)OCc2cccc(Oc3ccccc3)c2)[C@@H]1/C=C(/Cl)Sc1ccc(F)cc1. The number of carbonyl (C=O) groups is 1. The molecule has 0 N–H and O–H groups in total. The summed E-state index contributed by atoms with van der Waals surface area (Å²) >= 11 is 7.75. The molecule has 0 saturated heterocycles. The molecule has 3 aromatic rings. The Morgan fingerprint density at radius 2 is 1.73 bits per heavy atom. The van der Waals surface area contributed by atoms with Crippen molar-refractivity contribution in [3.63, 3.8) is 0 Å². The van der Waals surface area contributed by atoms with Crippen LogP contribution in [0.5, 0.6) is 11.5 Å². The van der Waals surface area contributed by atoms with Crippen LogP contribution in [0.25, 0.3) is 0 Å². The molecule has 4 rings (SSSR count). The highest BCUT2D eigenvalue weighted by atomic mass is 35.5. The number of rotatable bonds is 8. The molecule has 2 atom stereocenters. The zero-order chi connectivity index (χ0) is 23.4. The number of halogens is 2. The smallest absolute Gasteiger partial charge is 0.310 e. The molecule has 3 aromatic carbocycles. The fourth-order valence-corrected chi connectivity index (χ4v) is 4.91. The van der Waals surface area contributed by atoms with E-state index in [1.54, 1.807) is 12.1 Å². The lowest BCUT2D eigenvalue weighted by molar-refractivity contribution is -0.147. The Morgan fingerprint density at radius 3 is 2.45 bits per heavy atom. The Bertz CT molecular complexity index is 1150. The van der Waals surface area contributed by atoms with Crippen molar-refractivity contribution in [2.45, 2.75) is 25.3 Å². The minimum absolute atomic E-state index is 0.0156. The van der Waals surface area contributed by atoms with Crippen LogP contribution in [0.15, 0.2) is 94.2 Å². The van der Waals surface area contributed by atoms with Crippen LogP contribution in [0, 0.1) is 23.1 Å². The highest BCUT2D eigenvalue weighted by molar-refractivity contribution is 8.04. The quantitative estimate of drug-likeness (QED) is 0.242. The first-order chi connectivity index (χ1) is 15.8. The van der Waals surface area contributed by atoms with E-state index in [1.165, 1.54) is 23.9 Å². The third-order valence-corrected chi connectivity index (χ3v) is 6.96. The van der Waals surface area contributed by atoms with Crippen LogP contribution in [0.1, 0.15) is 19.4 Å². The summed E-state index contributed by atoms with van der Waals surface area (Å²) in [5, 5.41) is 0. The van der Waals surface area contributed by atoms with Crippen LogP contribution in [0.3, 0.4) is 0 Å². The molecule has 170 valence electrons. The summed E-state index contributed by atoms with van der Waals surface area (Å²) in [6.07, 6.45) is 1.90. The van der Waals surface area contributed by atoms with Gasteiger partial charge >= 0.3 is 5.97 Å². The maximum atomic E-state index is 13.1. The average molecular weight is 483 g/mol. The molecule has 3 nitrogen and oxygen atoms in total. The molecule has 1 aliphatic carbocycles. The lowest BCUT2D eigenvalue weighted by Crippen LogP contribution is -2.10. The molecule has 0 spiro atoms. The lowest BCUT2D eigenvalue weighted by atomic mass is 10.1. The van der Waals surface area contributed by atoms with Crippen molar-refractivity contribution in [2.24, 2.45) is 17.3 Å². The maximum absolute atomic E-state index is 13.1. The molecule has 0 aliphatic heterocycles. The average Bonchev–Trinajstić information content (AvgIpc) is 3.34. The van der Waals surface area contributed by atoms with Gasteiger partial charge < -0.3 is 9.47 Å². The highest BCUT2D eigenvalue weighted by Crippen LogP contribution is 2.60. The van der Waals surface area contributed by atoms with E-state index in [4.69, 9.17) is 21.1 Å². The Balaban J connectivity index is 1.34. The van der Waals surface area contributed by atoms with Crippen molar-refractivity contribution in [3.05, 3.63) is 101 Å². The van der Waals surface area contributed by atoms with Gasteiger partial charge in [-0.1, -0.05) is 73.6 Å². The van der Waals surface area contributed by atoms with E-state index >= 15 is 0 Å². The largest absolute Gasteiger partial charge is 0.461 e. The molecular weight excluding hydrogens is 459 g/mol. The molecule has 0 radical (unpaired) electrons. The van der Waals surface area contributed by atoms with E-state index < -0.39 is 0 Å². The second-order valence-corrected chi connectivity index (χ2v) is 10.3. The number of thioether (sulfide) groups is 1. The number of carbonyl (C=O) groups excluding carboxylic acids is 1. The van der Waals surface area contributed by atoms with E-state index in [0.717, 1.165) is 16.2 Å². The van der Waals surface area contributed by atoms with Gasteiger partial charge in [0.15, 0.2) is 0 Å². The summed E-state index contributed by atoms with van der Waals surface area (Å²) in [5.74, 6) is 0.625. The first-order valence-corrected chi connectivity index (χ1v) is 11.8. The highest BCUT2D eigenvalue weighted by Gasteiger charge is 2.61. The summed E-state index contributed by atoms with van der Waals surface area (Å²) in [6.45, 7) is 4.23. The van der Waals surface area contributed by atoms with E-state index in [-0.39, 0.29) is 35.6 Å². The van der Waals surface area contributed by atoms with E-state index in [2.05, 4.69) is 0 Å². The molecule has 0 heterocycles. The summed E-state index contributed by atoms with van der Waals surface area (Å²) in [4.78, 5) is 13.6. The molecule has 1 fully saturated rings. The van der Waals surface area contributed by atoms with Gasteiger partial charge in [-0.25, -0.2) is 4.39 Å². The predicted octanol–water partition coefficient (Wildman–Crippen LogP) is 7.81. The van der Waals surface area contributed by atoms with Crippen molar-refractivity contribution in [2.75, 3.05) is 0 Å². The standard InChI is InChI=1S/C27H24ClFO3S/c1-27(2)23(16-24(28)33-22-13-11-19(29)12-14-22)25(27)26(30)31-17-18-7-6-10-21(15-18)32-20-8-4-3-5-9-20/h3-16,23,25H,17H2,1-2H3/b24-16-/t23-,25-/m0/s1. The van der Waals surface area contributed by atoms with Gasteiger partial charge in [-0.2, -0.15) is 0 Å². The molecule has 1 saturated carbocycles. The second kappa shape index (κ2) is 10.0. The molecule has 1 aliphatic rings. The lowest BCUT2D eigenvalue weighted by Gasteiger charge is -2.09. The molecule has 0 bridgehead atoms.